The molecule has 2 N–H and O–H groups in total. The number of nitrogens with zero attached hydrogens (tertiary/aromatic N) is 2. The van der Waals surface area contributed by atoms with Gasteiger partial charge in [0, 0.05) is 22.6 Å². The number of aromatic amines is 1. The number of aromatic hydroxyl groups is 1. The van der Waals surface area contributed by atoms with Crippen molar-refractivity contribution in [2.75, 3.05) is 6.26 Å². The van der Waals surface area contributed by atoms with Crippen LogP contribution in [0.2, 0.25) is 0 Å². The predicted octanol–water partition coefficient (Wildman–Crippen LogP) is 6.01. The highest BCUT2D eigenvalue weighted by Gasteiger charge is 2.42. The number of nitrogens with one attached hydrogen (secondary N) is 1. The van der Waals surface area contributed by atoms with Crippen LogP contribution in [-0.2, 0) is 6.54 Å². The Morgan fingerprint density at radius 2 is 1.74 bits per heavy atom. The minimum absolute atomic E-state index is 0.123. The van der Waals surface area contributed by atoms with Crippen molar-refractivity contribution in [3.63, 3.8) is 0 Å². The van der Waals surface area contributed by atoms with Crippen LogP contribution in [-0.4, -0.2) is 32.4 Å². The molecule has 1 atom stereocenters. The summed E-state index contributed by atoms with van der Waals surface area (Å²) in [6, 6.07) is 17.5. The topological polar surface area (TPSA) is 69.2 Å². The summed E-state index contributed by atoms with van der Waals surface area (Å²) < 4.78 is 13.5. The molecule has 0 fully saturated rings. The molecule has 7 heteroatoms. The number of fused-ring (bicyclic) bond motifs is 1. The molecule has 0 saturated carbocycles. The van der Waals surface area contributed by atoms with E-state index >= 15 is 0 Å². The van der Waals surface area contributed by atoms with Gasteiger partial charge in [-0.2, -0.15) is 5.10 Å². The van der Waals surface area contributed by atoms with E-state index < -0.39 is 6.04 Å². The van der Waals surface area contributed by atoms with Crippen LogP contribution >= 0.6 is 11.8 Å². The minimum Gasteiger partial charge on any atom is -0.507 e. The van der Waals surface area contributed by atoms with Crippen molar-refractivity contribution in [2.24, 2.45) is 0 Å². The number of aryl methyl sites for hydroxylation is 2. The number of carbonyl (C=O) groups excluding carboxylic acids is 1. The summed E-state index contributed by atoms with van der Waals surface area (Å²) in [5, 5.41) is 18.1. The maximum absolute atomic E-state index is 13.5. The van der Waals surface area contributed by atoms with Gasteiger partial charge in [-0.25, -0.2) is 4.39 Å². The summed E-state index contributed by atoms with van der Waals surface area (Å²) in [7, 11) is 0. The van der Waals surface area contributed by atoms with Crippen LogP contribution in [0.1, 0.15) is 44.3 Å². The normalized spacial score (nSPS) is 15.1. The minimum atomic E-state index is -0.404. The van der Waals surface area contributed by atoms with Crippen molar-refractivity contribution in [3.8, 4) is 17.0 Å². The van der Waals surface area contributed by atoms with Crippen LogP contribution < -0.4 is 0 Å². The first-order chi connectivity index (χ1) is 16.4. The van der Waals surface area contributed by atoms with Crippen LogP contribution in [0, 0.1) is 19.7 Å². The van der Waals surface area contributed by atoms with Gasteiger partial charge in [0.05, 0.1) is 6.04 Å². The summed E-state index contributed by atoms with van der Waals surface area (Å²) >= 11 is 1.65. The third-order valence-electron chi connectivity index (χ3n) is 6.43. The maximum atomic E-state index is 13.5. The van der Waals surface area contributed by atoms with E-state index in [4.69, 9.17) is 0 Å². The standard InChI is InChI=1S/C27H24FN3O2S/c1-15-12-21(22(32)13-16(15)2)24-23-25(30-29-24)27(33)31(14-17-4-8-19(28)9-5-17)26(23)18-6-10-20(34-3)11-7-18/h4-13,26,32H,14H2,1-3H3,(H,29,30)/t26-/m0/s1. The molecule has 34 heavy (non-hydrogen) atoms. The largest absolute Gasteiger partial charge is 0.507 e. The summed E-state index contributed by atoms with van der Waals surface area (Å²) in [5.74, 6) is -0.374. The second kappa shape index (κ2) is 8.65. The Kier molecular flexibility index (Phi) is 5.65. The number of halogens is 1. The van der Waals surface area contributed by atoms with Gasteiger partial charge in [-0.3, -0.25) is 9.89 Å². The van der Waals surface area contributed by atoms with Crippen LogP contribution in [0.5, 0.6) is 5.75 Å². The second-order valence-corrected chi connectivity index (χ2v) is 9.43. The van der Waals surface area contributed by atoms with Gasteiger partial charge >= 0.3 is 0 Å². The van der Waals surface area contributed by atoms with Crippen molar-refractivity contribution < 1.29 is 14.3 Å². The Bertz CT molecular complexity index is 1380. The first-order valence-corrected chi connectivity index (χ1v) is 12.2. The molecular formula is C27H24FN3O2S. The Hall–Kier alpha value is -3.58. The van der Waals surface area contributed by atoms with Crippen LogP contribution in [0.25, 0.3) is 11.3 Å². The molecule has 0 unspecified atom stereocenters. The van der Waals surface area contributed by atoms with Gasteiger partial charge in [-0.1, -0.05) is 24.3 Å². The molecule has 1 amide bonds. The average molecular weight is 474 g/mol. The zero-order valence-electron chi connectivity index (χ0n) is 19.1. The molecule has 5 nitrogen and oxygen atoms in total. The number of phenolic OH excluding ortho intramolecular Hbond substituents is 1. The molecule has 0 radical (unpaired) electrons. The summed E-state index contributed by atoms with van der Waals surface area (Å²) in [6.45, 7) is 4.24. The first-order valence-electron chi connectivity index (χ1n) is 11.0. The van der Waals surface area contributed by atoms with Crippen molar-refractivity contribution in [2.45, 2.75) is 31.3 Å². The lowest BCUT2D eigenvalue weighted by Crippen LogP contribution is -2.29. The highest BCUT2D eigenvalue weighted by atomic mass is 32.2. The third-order valence-corrected chi connectivity index (χ3v) is 7.17. The van der Waals surface area contributed by atoms with E-state index in [1.807, 2.05) is 50.4 Å². The lowest BCUT2D eigenvalue weighted by molar-refractivity contribution is 0.0730. The summed E-state index contributed by atoms with van der Waals surface area (Å²) in [6.07, 6.45) is 2.02. The Balaban J connectivity index is 1.66. The van der Waals surface area contributed by atoms with Crippen molar-refractivity contribution in [1.29, 1.82) is 0 Å². The predicted molar refractivity (Wildman–Crippen MR) is 132 cm³/mol. The molecule has 0 bridgehead atoms. The van der Waals surface area contributed by atoms with Crippen LogP contribution in [0.4, 0.5) is 4.39 Å². The summed E-state index contributed by atoms with van der Waals surface area (Å²) in [5.41, 5.74) is 6.07. The molecule has 4 aromatic rings. The fourth-order valence-electron chi connectivity index (χ4n) is 4.47. The van der Waals surface area contributed by atoms with Gasteiger partial charge in [-0.15, -0.1) is 11.8 Å². The Labute approximate surface area is 201 Å². The average Bonchev–Trinajstić information content (AvgIpc) is 3.37. The van der Waals surface area contributed by atoms with Crippen molar-refractivity contribution >= 4 is 17.7 Å². The van der Waals surface area contributed by atoms with Gasteiger partial charge in [-0.05, 0) is 78.8 Å². The number of rotatable bonds is 5. The van der Waals surface area contributed by atoms with E-state index in [1.165, 1.54) is 12.1 Å². The van der Waals surface area contributed by atoms with Crippen LogP contribution in [0.3, 0.4) is 0 Å². The van der Waals surface area contributed by atoms with Gasteiger partial charge in [0.25, 0.3) is 5.91 Å². The third kappa shape index (κ3) is 3.76. The smallest absolute Gasteiger partial charge is 0.273 e. The zero-order valence-corrected chi connectivity index (χ0v) is 19.9. The number of phenols is 1. The number of amides is 1. The quantitative estimate of drug-likeness (QED) is 0.349. The number of benzene rings is 3. The van der Waals surface area contributed by atoms with E-state index in [1.54, 1.807) is 34.9 Å². The first kappa shape index (κ1) is 22.2. The molecule has 0 spiro atoms. The van der Waals surface area contributed by atoms with Gasteiger partial charge < -0.3 is 10.0 Å². The molecular weight excluding hydrogens is 449 g/mol. The Morgan fingerprint density at radius 3 is 2.41 bits per heavy atom. The molecule has 3 aromatic carbocycles. The van der Waals surface area contributed by atoms with E-state index in [-0.39, 0.29) is 17.5 Å². The molecule has 172 valence electrons. The maximum Gasteiger partial charge on any atom is 0.273 e. The van der Waals surface area contributed by atoms with Crippen molar-refractivity contribution in [3.05, 3.63) is 100.0 Å². The van der Waals surface area contributed by atoms with Crippen LogP contribution in [0.15, 0.2) is 65.6 Å². The number of aromatic nitrogens is 2. The van der Waals surface area contributed by atoms with Gasteiger partial charge in [0.2, 0.25) is 0 Å². The molecule has 5 rings (SSSR count). The fourth-order valence-corrected chi connectivity index (χ4v) is 4.88. The Morgan fingerprint density at radius 1 is 1.06 bits per heavy atom. The fraction of sp³-hybridized carbons (Fsp3) is 0.185. The number of hydrogen-bond acceptors (Lipinski definition) is 4. The SMILES string of the molecule is CSc1ccc([C@H]2c3c(-c4cc(C)c(C)cc4O)n[nH]c3C(=O)N2Cc2ccc(F)cc2)cc1. The number of thioether (sulfide) groups is 1. The number of H-pyrrole nitrogens is 1. The van der Waals surface area contributed by atoms with E-state index in [9.17, 15) is 14.3 Å². The lowest BCUT2D eigenvalue weighted by atomic mass is 9.94. The number of hydrogen-bond donors (Lipinski definition) is 2. The van der Waals surface area contributed by atoms with Crippen molar-refractivity contribution in [1.82, 2.24) is 15.1 Å². The van der Waals surface area contributed by atoms with Gasteiger partial charge in [0.1, 0.15) is 23.0 Å². The molecule has 1 aliphatic heterocycles. The number of carbonyl (C=O) groups is 1. The molecule has 1 aromatic heterocycles. The molecule has 0 saturated heterocycles. The van der Waals surface area contributed by atoms with Gasteiger partial charge in [0.15, 0.2) is 0 Å². The van der Waals surface area contributed by atoms with E-state index in [0.29, 0.717) is 23.5 Å². The molecule has 2 heterocycles. The highest BCUT2D eigenvalue weighted by Crippen LogP contribution is 2.45. The lowest BCUT2D eigenvalue weighted by Gasteiger charge is -2.27. The van der Waals surface area contributed by atoms with E-state index in [0.717, 1.165) is 32.7 Å². The molecule has 0 aliphatic carbocycles. The second-order valence-electron chi connectivity index (χ2n) is 8.55. The molecule has 1 aliphatic rings. The zero-order chi connectivity index (χ0) is 24.0. The highest BCUT2D eigenvalue weighted by molar-refractivity contribution is 7.98. The van der Waals surface area contributed by atoms with E-state index in [2.05, 4.69) is 10.2 Å². The summed E-state index contributed by atoms with van der Waals surface area (Å²) in [4.78, 5) is 16.4. The monoisotopic (exact) mass is 473 g/mol.